The van der Waals surface area contributed by atoms with Crippen molar-refractivity contribution in [1.82, 2.24) is 10.2 Å². The average molecular weight is 683 g/mol. The number of rotatable bonds is 10. The molecule has 6 rings (SSSR count). The number of benzene rings is 4. The Morgan fingerprint density at radius 1 is 0.936 bits per heavy atom. The third-order valence-electron chi connectivity index (χ3n) is 7.86. The van der Waals surface area contributed by atoms with Crippen LogP contribution in [0.1, 0.15) is 33.9 Å². The molecule has 1 atom stereocenters. The molecule has 238 valence electrons. The predicted octanol–water partition coefficient (Wildman–Crippen LogP) is 8.06. The summed E-state index contributed by atoms with van der Waals surface area (Å²) in [6.07, 6.45) is 0. The van der Waals surface area contributed by atoms with Crippen molar-refractivity contribution >= 4 is 63.0 Å². The number of nitrogens with zero attached hydrogens (tertiary/aromatic N) is 4. The Balaban J connectivity index is 1.32. The fraction of sp³-hybridized carbons (Fsp3) is 0.167. The van der Waals surface area contributed by atoms with Gasteiger partial charge >= 0.3 is 5.91 Å². The van der Waals surface area contributed by atoms with Crippen molar-refractivity contribution in [3.8, 4) is 5.75 Å². The molecule has 2 heterocycles. The highest BCUT2D eigenvalue weighted by molar-refractivity contribution is 8.00. The molecule has 47 heavy (non-hydrogen) atoms. The third kappa shape index (κ3) is 6.90. The SMILES string of the molecule is Cc1ccccc1COc1ccc(/C(O)=C2\C(=O)C(=O)N(c3nnc(SCc4ccccc4Cl)s3)C2c2ccc(N(C)C)cc2)cc1. The van der Waals surface area contributed by atoms with Crippen molar-refractivity contribution < 1.29 is 19.4 Å². The Kier molecular flexibility index (Phi) is 9.63. The summed E-state index contributed by atoms with van der Waals surface area (Å²) in [5.41, 5.74) is 5.10. The van der Waals surface area contributed by atoms with Gasteiger partial charge in [-0.25, -0.2) is 0 Å². The van der Waals surface area contributed by atoms with Gasteiger partial charge in [-0.3, -0.25) is 14.5 Å². The van der Waals surface area contributed by atoms with E-state index < -0.39 is 17.7 Å². The van der Waals surface area contributed by atoms with E-state index in [-0.39, 0.29) is 16.5 Å². The lowest BCUT2D eigenvalue weighted by Crippen LogP contribution is -2.29. The summed E-state index contributed by atoms with van der Waals surface area (Å²) in [5.74, 6) is -0.699. The van der Waals surface area contributed by atoms with Crippen LogP contribution in [0.25, 0.3) is 5.76 Å². The van der Waals surface area contributed by atoms with Crippen LogP contribution in [0, 0.1) is 6.92 Å². The summed E-state index contributed by atoms with van der Waals surface area (Å²) >= 11 is 8.97. The van der Waals surface area contributed by atoms with Gasteiger partial charge in [0.15, 0.2) is 4.34 Å². The standard InChI is InChI=1S/C36H31ClN4O4S2/c1-22-8-4-5-9-25(22)20-45-28-18-14-24(15-19-28)32(42)30-31(23-12-16-27(17-13-23)40(2)3)41(34(44)33(30)43)35-38-39-36(47-35)46-21-26-10-6-7-11-29(26)37/h4-19,31,42H,20-21H2,1-3H3/b32-30+. The zero-order valence-corrected chi connectivity index (χ0v) is 28.3. The van der Waals surface area contributed by atoms with E-state index in [1.807, 2.05) is 98.7 Å². The van der Waals surface area contributed by atoms with Crippen LogP contribution in [0.4, 0.5) is 10.8 Å². The number of aromatic nitrogens is 2. The highest BCUT2D eigenvalue weighted by atomic mass is 35.5. The van der Waals surface area contributed by atoms with Crippen molar-refractivity contribution in [3.05, 3.63) is 135 Å². The van der Waals surface area contributed by atoms with Crippen molar-refractivity contribution in [2.45, 2.75) is 29.7 Å². The van der Waals surface area contributed by atoms with Crippen molar-refractivity contribution in [1.29, 1.82) is 0 Å². The molecule has 5 aromatic rings. The van der Waals surface area contributed by atoms with Crippen LogP contribution in [0.15, 0.2) is 107 Å². The van der Waals surface area contributed by atoms with Gasteiger partial charge in [0.1, 0.15) is 18.1 Å². The maximum atomic E-state index is 13.7. The fourth-order valence-corrected chi connectivity index (χ4v) is 7.36. The number of ketones is 1. The first-order valence-electron chi connectivity index (χ1n) is 14.8. The van der Waals surface area contributed by atoms with Gasteiger partial charge in [-0.1, -0.05) is 89.3 Å². The Morgan fingerprint density at radius 3 is 2.30 bits per heavy atom. The number of anilines is 2. The van der Waals surface area contributed by atoms with Gasteiger partial charge in [0, 0.05) is 36.1 Å². The van der Waals surface area contributed by atoms with Gasteiger partial charge in [-0.05, 0) is 71.6 Å². The molecule has 0 radical (unpaired) electrons. The molecule has 1 N–H and O–H groups in total. The number of aliphatic hydroxyl groups excluding tert-OH is 1. The molecule has 0 aliphatic carbocycles. The molecule has 1 aliphatic heterocycles. The normalized spacial score (nSPS) is 15.7. The quantitative estimate of drug-likeness (QED) is 0.0520. The lowest BCUT2D eigenvalue weighted by molar-refractivity contribution is -0.132. The topological polar surface area (TPSA) is 95.9 Å². The third-order valence-corrected chi connectivity index (χ3v) is 10.3. The van der Waals surface area contributed by atoms with Crippen LogP contribution in [0.2, 0.25) is 5.02 Å². The molecule has 1 amide bonds. The molecule has 8 nitrogen and oxygen atoms in total. The number of ether oxygens (including phenoxy) is 1. The Hall–Kier alpha value is -4.64. The lowest BCUT2D eigenvalue weighted by Gasteiger charge is -2.23. The summed E-state index contributed by atoms with van der Waals surface area (Å²) in [6.45, 7) is 2.43. The van der Waals surface area contributed by atoms with Crippen LogP contribution in [0.3, 0.4) is 0 Å². The largest absolute Gasteiger partial charge is 0.507 e. The Bertz CT molecular complexity index is 1960. The minimum Gasteiger partial charge on any atom is -0.507 e. The van der Waals surface area contributed by atoms with Crippen molar-refractivity contribution in [3.63, 3.8) is 0 Å². The van der Waals surface area contributed by atoms with Gasteiger partial charge < -0.3 is 14.7 Å². The van der Waals surface area contributed by atoms with E-state index in [4.69, 9.17) is 16.3 Å². The second-order valence-corrected chi connectivity index (χ2v) is 13.7. The van der Waals surface area contributed by atoms with Crippen molar-refractivity contribution in [2.75, 3.05) is 23.9 Å². The Morgan fingerprint density at radius 2 is 1.62 bits per heavy atom. The second-order valence-electron chi connectivity index (χ2n) is 11.1. The highest BCUT2D eigenvalue weighted by Gasteiger charge is 2.48. The number of hydrogen-bond donors (Lipinski definition) is 1. The molecule has 1 unspecified atom stereocenters. The molecule has 0 spiro atoms. The molecule has 1 fully saturated rings. The number of aryl methyl sites for hydroxylation is 1. The van der Waals surface area contributed by atoms with Gasteiger partial charge in [-0.15, -0.1) is 10.2 Å². The van der Waals surface area contributed by atoms with E-state index in [2.05, 4.69) is 10.2 Å². The van der Waals surface area contributed by atoms with E-state index >= 15 is 0 Å². The maximum Gasteiger partial charge on any atom is 0.301 e. The van der Waals surface area contributed by atoms with Gasteiger partial charge in [0.05, 0.1) is 11.6 Å². The summed E-state index contributed by atoms with van der Waals surface area (Å²) in [7, 11) is 3.86. The fourth-order valence-electron chi connectivity index (χ4n) is 5.21. The van der Waals surface area contributed by atoms with Crippen LogP contribution >= 0.6 is 34.7 Å². The van der Waals surface area contributed by atoms with Gasteiger partial charge in [0.25, 0.3) is 5.78 Å². The summed E-state index contributed by atoms with van der Waals surface area (Å²) in [5, 5.41) is 21.1. The maximum absolute atomic E-state index is 13.7. The van der Waals surface area contributed by atoms with Gasteiger partial charge in [-0.2, -0.15) is 0 Å². The average Bonchev–Trinajstić information content (AvgIpc) is 3.65. The first-order chi connectivity index (χ1) is 22.7. The van der Waals surface area contributed by atoms with E-state index in [0.29, 0.717) is 38.6 Å². The predicted molar refractivity (Wildman–Crippen MR) is 188 cm³/mol. The minimum atomic E-state index is -0.919. The first-order valence-corrected chi connectivity index (χ1v) is 16.9. The number of aliphatic hydroxyl groups is 1. The monoisotopic (exact) mass is 682 g/mol. The number of carbonyl (C=O) groups excluding carboxylic acids is 2. The summed E-state index contributed by atoms with van der Waals surface area (Å²) in [4.78, 5) is 30.6. The zero-order valence-electron chi connectivity index (χ0n) is 25.9. The van der Waals surface area contributed by atoms with E-state index in [1.54, 1.807) is 24.3 Å². The highest BCUT2D eigenvalue weighted by Crippen LogP contribution is 2.44. The zero-order chi connectivity index (χ0) is 33.1. The molecule has 1 aliphatic rings. The van der Waals surface area contributed by atoms with Crippen LogP contribution in [-0.4, -0.2) is 41.1 Å². The molecule has 0 saturated carbocycles. The van der Waals surface area contributed by atoms with Crippen LogP contribution in [-0.2, 0) is 21.9 Å². The van der Waals surface area contributed by atoms with Crippen LogP contribution < -0.4 is 14.5 Å². The molecule has 11 heteroatoms. The number of amides is 1. The second kappa shape index (κ2) is 14.0. The number of carbonyl (C=O) groups is 2. The number of hydrogen-bond acceptors (Lipinski definition) is 9. The molecule has 4 aromatic carbocycles. The summed E-state index contributed by atoms with van der Waals surface area (Å²) in [6, 6.07) is 29.0. The number of thioether (sulfide) groups is 1. The van der Waals surface area contributed by atoms with Crippen LogP contribution in [0.5, 0.6) is 5.75 Å². The molecular weight excluding hydrogens is 652 g/mol. The molecule has 1 aromatic heterocycles. The minimum absolute atomic E-state index is 0.0262. The molecule has 0 bridgehead atoms. The Labute approximate surface area is 286 Å². The van der Waals surface area contributed by atoms with E-state index in [9.17, 15) is 14.7 Å². The number of Topliss-reactive ketones (excluding diaryl/α,β-unsaturated/α-hetero) is 1. The van der Waals surface area contributed by atoms with E-state index in [0.717, 1.165) is 22.4 Å². The van der Waals surface area contributed by atoms with Crippen molar-refractivity contribution in [2.24, 2.45) is 0 Å². The summed E-state index contributed by atoms with van der Waals surface area (Å²) < 4.78 is 6.59. The van der Waals surface area contributed by atoms with Gasteiger partial charge in [0.2, 0.25) is 5.13 Å². The first kappa shape index (κ1) is 32.3. The number of halogens is 1. The molecular formula is C36H31ClN4O4S2. The van der Waals surface area contributed by atoms with E-state index in [1.165, 1.54) is 28.0 Å². The molecule has 1 saturated heterocycles. The smallest absolute Gasteiger partial charge is 0.301 e. The lowest BCUT2D eigenvalue weighted by atomic mass is 9.95.